The maximum Gasteiger partial charge on any atom is 0.229 e. The van der Waals surface area contributed by atoms with Gasteiger partial charge in [-0.05, 0) is 25.0 Å². The molecule has 0 amide bonds. The fourth-order valence-corrected chi connectivity index (χ4v) is 1.99. The Morgan fingerprint density at radius 3 is 2.59 bits per heavy atom. The van der Waals surface area contributed by atoms with Crippen LogP contribution in [0.4, 0.5) is 11.4 Å². The van der Waals surface area contributed by atoms with Crippen molar-refractivity contribution in [2.75, 3.05) is 23.3 Å². The number of anilines is 2. The van der Waals surface area contributed by atoms with E-state index in [2.05, 4.69) is 10.0 Å². The Balaban J connectivity index is 2.28. The van der Waals surface area contributed by atoms with Crippen molar-refractivity contribution in [3.63, 3.8) is 0 Å². The Hall–Kier alpha value is -1.43. The molecule has 1 aromatic rings. The Labute approximate surface area is 101 Å². The van der Waals surface area contributed by atoms with Gasteiger partial charge in [0.15, 0.2) is 0 Å². The van der Waals surface area contributed by atoms with E-state index in [0.717, 1.165) is 24.8 Å². The monoisotopic (exact) mass is 256 g/mol. The van der Waals surface area contributed by atoms with Crippen LogP contribution in [-0.2, 0) is 10.0 Å². The zero-order chi connectivity index (χ0) is 12.5. The third-order valence-electron chi connectivity index (χ3n) is 2.38. The molecule has 0 saturated heterocycles. The van der Waals surface area contributed by atoms with Crippen LogP contribution in [0.5, 0.6) is 5.75 Å². The molecule has 0 atom stereocenters. The summed E-state index contributed by atoms with van der Waals surface area (Å²) in [5.74, 6) is 0.574. The molecule has 0 spiro atoms. The summed E-state index contributed by atoms with van der Waals surface area (Å²) >= 11 is 0. The minimum Gasteiger partial charge on any atom is -0.488 e. The quantitative estimate of drug-likeness (QED) is 0.840. The van der Waals surface area contributed by atoms with Gasteiger partial charge in [-0.2, -0.15) is 0 Å². The summed E-state index contributed by atoms with van der Waals surface area (Å²) in [6, 6.07) is 5.30. The molecule has 2 rings (SSSR count). The molecule has 17 heavy (non-hydrogen) atoms. The van der Waals surface area contributed by atoms with Crippen LogP contribution < -0.4 is 14.8 Å². The van der Waals surface area contributed by atoms with Crippen LogP contribution >= 0.6 is 0 Å². The van der Waals surface area contributed by atoms with E-state index >= 15 is 0 Å². The molecule has 0 unspecified atom stereocenters. The summed E-state index contributed by atoms with van der Waals surface area (Å²) in [6.45, 7) is 0. The summed E-state index contributed by atoms with van der Waals surface area (Å²) in [5, 5.41) is 2.99. The van der Waals surface area contributed by atoms with Gasteiger partial charge in [0, 0.05) is 18.8 Å². The Morgan fingerprint density at radius 2 is 2.06 bits per heavy atom. The van der Waals surface area contributed by atoms with Crippen LogP contribution in [0.2, 0.25) is 0 Å². The summed E-state index contributed by atoms with van der Waals surface area (Å²) in [7, 11) is -1.48. The van der Waals surface area contributed by atoms with Crippen LogP contribution in [0.15, 0.2) is 18.2 Å². The van der Waals surface area contributed by atoms with Crippen molar-refractivity contribution in [2.24, 2.45) is 0 Å². The minimum atomic E-state index is -3.29. The summed E-state index contributed by atoms with van der Waals surface area (Å²) in [6.07, 6.45) is 3.41. The van der Waals surface area contributed by atoms with Crippen molar-refractivity contribution in [2.45, 2.75) is 18.9 Å². The van der Waals surface area contributed by atoms with Crippen molar-refractivity contribution < 1.29 is 13.2 Å². The lowest BCUT2D eigenvalue weighted by atomic mass is 10.2. The molecule has 2 N–H and O–H groups in total. The van der Waals surface area contributed by atoms with E-state index in [-0.39, 0.29) is 6.10 Å². The van der Waals surface area contributed by atoms with Crippen LogP contribution in [0, 0.1) is 0 Å². The molecule has 6 heteroatoms. The molecule has 0 aromatic heterocycles. The highest BCUT2D eigenvalue weighted by Gasteiger charge is 2.25. The zero-order valence-electron chi connectivity index (χ0n) is 9.86. The molecular formula is C11H16N2O3S. The number of ether oxygens (including phenoxy) is 1. The maximum atomic E-state index is 11.2. The SMILES string of the molecule is CNc1ccc(NS(C)(=O)=O)c(OC2CC2)c1. The van der Waals surface area contributed by atoms with Gasteiger partial charge in [0.05, 0.1) is 18.0 Å². The first kappa shape index (κ1) is 12.0. The summed E-state index contributed by atoms with van der Waals surface area (Å²) < 4.78 is 30.6. The molecule has 5 nitrogen and oxygen atoms in total. The molecule has 0 heterocycles. The van der Waals surface area contributed by atoms with Crippen molar-refractivity contribution in [1.82, 2.24) is 0 Å². The van der Waals surface area contributed by atoms with E-state index in [0.29, 0.717) is 11.4 Å². The third kappa shape index (κ3) is 3.52. The third-order valence-corrected chi connectivity index (χ3v) is 2.97. The van der Waals surface area contributed by atoms with Crippen LogP contribution in [-0.4, -0.2) is 27.8 Å². The van der Waals surface area contributed by atoms with Gasteiger partial charge in [-0.15, -0.1) is 0 Å². The van der Waals surface area contributed by atoms with E-state index in [1.54, 1.807) is 25.2 Å². The van der Waals surface area contributed by atoms with Gasteiger partial charge < -0.3 is 10.1 Å². The lowest BCUT2D eigenvalue weighted by molar-refractivity contribution is 0.305. The smallest absolute Gasteiger partial charge is 0.229 e. The molecule has 0 bridgehead atoms. The van der Waals surface area contributed by atoms with Crippen LogP contribution in [0.3, 0.4) is 0 Å². The molecule has 1 aliphatic rings. The predicted molar refractivity (Wildman–Crippen MR) is 68.1 cm³/mol. The van der Waals surface area contributed by atoms with Gasteiger partial charge in [-0.1, -0.05) is 0 Å². The highest BCUT2D eigenvalue weighted by atomic mass is 32.2. The molecule has 94 valence electrons. The number of sulfonamides is 1. The number of nitrogens with one attached hydrogen (secondary N) is 2. The van der Waals surface area contributed by atoms with Crippen molar-refractivity contribution >= 4 is 21.4 Å². The van der Waals surface area contributed by atoms with Gasteiger partial charge >= 0.3 is 0 Å². The van der Waals surface area contributed by atoms with E-state index < -0.39 is 10.0 Å². The van der Waals surface area contributed by atoms with Gasteiger partial charge in [0.2, 0.25) is 10.0 Å². The van der Waals surface area contributed by atoms with Crippen LogP contribution in [0.25, 0.3) is 0 Å². The number of rotatable bonds is 5. The first-order chi connectivity index (χ1) is 7.98. The second-order valence-electron chi connectivity index (χ2n) is 4.15. The summed E-state index contributed by atoms with van der Waals surface area (Å²) in [5.41, 5.74) is 1.37. The Kier molecular flexibility index (Phi) is 3.15. The minimum absolute atomic E-state index is 0.224. The lowest BCUT2D eigenvalue weighted by Gasteiger charge is -2.13. The second-order valence-corrected chi connectivity index (χ2v) is 5.90. The van der Waals surface area contributed by atoms with Gasteiger partial charge in [0.1, 0.15) is 5.75 Å². The van der Waals surface area contributed by atoms with E-state index in [1.165, 1.54) is 0 Å². The average molecular weight is 256 g/mol. The molecule has 1 aliphatic carbocycles. The highest BCUT2D eigenvalue weighted by molar-refractivity contribution is 7.92. The van der Waals surface area contributed by atoms with Crippen LogP contribution in [0.1, 0.15) is 12.8 Å². The highest BCUT2D eigenvalue weighted by Crippen LogP contribution is 2.34. The molecule has 1 saturated carbocycles. The van der Waals surface area contributed by atoms with Gasteiger partial charge in [-0.25, -0.2) is 8.42 Å². The fraction of sp³-hybridized carbons (Fsp3) is 0.455. The average Bonchev–Trinajstić information content (AvgIpc) is 3.02. The predicted octanol–water partition coefficient (Wildman–Crippen LogP) is 1.64. The number of hydrogen-bond acceptors (Lipinski definition) is 4. The van der Waals surface area contributed by atoms with E-state index in [4.69, 9.17) is 4.74 Å². The van der Waals surface area contributed by atoms with E-state index in [1.807, 2.05) is 0 Å². The van der Waals surface area contributed by atoms with Crippen molar-refractivity contribution in [3.05, 3.63) is 18.2 Å². The van der Waals surface area contributed by atoms with Crippen molar-refractivity contribution in [1.29, 1.82) is 0 Å². The van der Waals surface area contributed by atoms with Gasteiger partial charge in [0.25, 0.3) is 0 Å². The Morgan fingerprint density at radius 1 is 1.35 bits per heavy atom. The molecule has 0 aliphatic heterocycles. The normalized spacial score (nSPS) is 15.4. The Bertz CT molecular complexity index is 509. The number of hydrogen-bond donors (Lipinski definition) is 2. The fourth-order valence-electron chi connectivity index (χ4n) is 1.42. The molecule has 1 aromatic carbocycles. The lowest BCUT2D eigenvalue weighted by Crippen LogP contribution is -2.11. The topological polar surface area (TPSA) is 67.4 Å². The second kappa shape index (κ2) is 4.44. The standard InChI is InChI=1S/C11H16N2O3S/c1-12-8-3-6-10(13-17(2,14)15)11(7-8)16-9-4-5-9/h3,6-7,9,12-13H,4-5H2,1-2H3. The van der Waals surface area contributed by atoms with Gasteiger partial charge in [-0.3, -0.25) is 4.72 Å². The molecule has 0 radical (unpaired) electrons. The first-order valence-electron chi connectivity index (χ1n) is 5.44. The number of benzene rings is 1. The molecule has 1 fully saturated rings. The molecular weight excluding hydrogens is 240 g/mol. The maximum absolute atomic E-state index is 11.2. The zero-order valence-corrected chi connectivity index (χ0v) is 10.7. The van der Waals surface area contributed by atoms with Crippen molar-refractivity contribution in [3.8, 4) is 5.75 Å². The first-order valence-corrected chi connectivity index (χ1v) is 7.33. The largest absolute Gasteiger partial charge is 0.488 e. The summed E-state index contributed by atoms with van der Waals surface area (Å²) in [4.78, 5) is 0. The van der Waals surface area contributed by atoms with E-state index in [9.17, 15) is 8.42 Å².